The van der Waals surface area contributed by atoms with E-state index < -0.39 is 23.2 Å². The molecule has 0 saturated carbocycles. The molecule has 1 aliphatic heterocycles. The fourth-order valence-corrected chi connectivity index (χ4v) is 3.95. The summed E-state index contributed by atoms with van der Waals surface area (Å²) in [6.45, 7) is 4.48. The Morgan fingerprint density at radius 2 is 1.84 bits per heavy atom. The fourth-order valence-electron chi connectivity index (χ4n) is 3.95. The first kappa shape index (κ1) is 26.0. The monoisotopic (exact) mass is 442 g/mol. The van der Waals surface area contributed by atoms with E-state index in [0.717, 1.165) is 24.1 Å². The van der Waals surface area contributed by atoms with E-state index in [4.69, 9.17) is 5.11 Å². The number of rotatable bonds is 6. The normalized spacial score (nSPS) is 19.8. The van der Waals surface area contributed by atoms with E-state index in [1.54, 1.807) is 18.2 Å². The number of alkyl halides is 3. The molecule has 0 spiro atoms. The van der Waals surface area contributed by atoms with E-state index in [9.17, 15) is 22.8 Å². The van der Waals surface area contributed by atoms with Crippen LogP contribution in [-0.4, -0.2) is 52.8 Å². The summed E-state index contributed by atoms with van der Waals surface area (Å²) in [7, 11) is 0. The number of carboxylic acids is 1. The van der Waals surface area contributed by atoms with E-state index in [-0.39, 0.29) is 42.9 Å². The number of carbonyl (C=O) groups excluding carboxylic acids is 1. The van der Waals surface area contributed by atoms with Crippen molar-refractivity contribution in [3.63, 3.8) is 0 Å². The average molecular weight is 442 g/mol. The molecule has 2 aromatic rings. The van der Waals surface area contributed by atoms with Gasteiger partial charge in [0.2, 0.25) is 5.91 Å². The van der Waals surface area contributed by atoms with E-state index in [1.807, 2.05) is 18.7 Å². The molecule has 1 amide bonds. The summed E-state index contributed by atoms with van der Waals surface area (Å²) >= 11 is 0. The summed E-state index contributed by atoms with van der Waals surface area (Å²) in [5.74, 6) is -1.22. The predicted molar refractivity (Wildman–Crippen MR) is 117 cm³/mol. The third-order valence-electron chi connectivity index (χ3n) is 5.91. The zero-order valence-corrected chi connectivity index (χ0v) is 17.4. The quantitative estimate of drug-likeness (QED) is 0.664. The number of nitrogens with zero attached hydrogens (tertiary/aromatic N) is 1. The molecule has 9 heteroatoms. The summed E-state index contributed by atoms with van der Waals surface area (Å²) in [4.78, 5) is 26.0. The number of carboxylic acid groups (broad SMARTS) is 1. The van der Waals surface area contributed by atoms with Crippen LogP contribution in [0.2, 0.25) is 0 Å². The molecular weight excluding hydrogens is 416 g/mol. The maximum absolute atomic E-state index is 13.1. The average Bonchev–Trinajstić information content (AvgIpc) is 3.09. The van der Waals surface area contributed by atoms with Crippen LogP contribution in [-0.2, 0) is 17.5 Å². The van der Waals surface area contributed by atoms with Crippen LogP contribution < -0.4 is 5.32 Å². The van der Waals surface area contributed by atoms with Gasteiger partial charge in [-0.1, -0.05) is 30.3 Å². The molecule has 2 atom stereocenters. The molecule has 0 aromatic heterocycles. The zero-order chi connectivity index (χ0) is 22.8. The summed E-state index contributed by atoms with van der Waals surface area (Å²) < 4.78 is 39.1. The van der Waals surface area contributed by atoms with Gasteiger partial charge in [0.05, 0.1) is 22.7 Å². The Balaban J connectivity index is 0.00000363. The topological polar surface area (TPSA) is 69.6 Å². The molecule has 0 unspecified atom stereocenters. The van der Waals surface area contributed by atoms with Crippen LogP contribution in [0.4, 0.5) is 13.2 Å². The standard InChI is InChI=1S/C23H25F3N2O3.Li.H/c1-15(17-7-9-18(10-8-17)20(29)30)27-21(31)22(2)11-4-12-28(22)14-16-5-3-6-19(13-16)23(24,25)26;;/h3,5-10,13,15H,4,11-12,14H2,1-2H3,(H,27,31)(H,29,30);;/t15-,22-;;/m0../s1. The number of nitrogens with one attached hydrogen (secondary N) is 1. The molecule has 2 N–H and O–H groups in total. The van der Waals surface area contributed by atoms with Gasteiger partial charge in [-0.3, -0.25) is 9.69 Å². The molecule has 0 aliphatic carbocycles. The van der Waals surface area contributed by atoms with Crippen LogP contribution >= 0.6 is 0 Å². The Bertz CT molecular complexity index is 966. The first-order valence-electron chi connectivity index (χ1n) is 10.1. The van der Waals surface area contributed by atoms with E-state index in [0.29, 0.717) is 18.5 Å². The summed E-state index contributed by atoms with van der Waals surface area (Å²) in [5, 5.41) is 12.0. The Morgan fingerprint density at radius 3 is 2.44 bits per heavy atom. The molecule has 1 saturated heterocycles. The van der Waals surface area contributed by atoms with Crippen molar-refractivity contribution in [2.24, 2.45) is 0 Å². The van der Waals surface area contributed by atoms with E-state index in [1.165, 1.54) is 18.2 Å². The van der Waals surface area contributed by atoms with Gasteiger partial charge in [0, 0.05) is 6.54 Å². The van der Waals surface area contributed by atoms with Gasteiger partial charge in [-0.2, -0.15) is 13.2 Å². The Kier molecular flexibility index (Phi) is 8.21. The molecule has 2 aromatic carbocycles. The van der Waals surface area contributed by atoms with Gasteiger partial charge in [0.25, 0.3) is 0 Å². The van der Waals surface area contributed by atoms with Gasteiger partial charge in [-0.05, 0) is 62.6 Å². The number of carbonyl (C=O) groups is 2. The predicted octanol–water partition coefficient (Wildman–Crippen LogP) is 3.99. The Labute approximate surface area is 197 Å². The number of halogens is 3. The number of hydrogen-bond acceptors (Lipinski definition) is 3. The van der Waals surface area contributed by atoms with Gasteiger partial charge in [-0.15, -0.1) is 0 Å². The molecular formula is C23H26F3LiN2O3. The van der Waals surface area contributed by atoms with Crippen LogP contribution in [0, 0.1) is 0 Å². The van der Waals surface area contributed by atoms with Crippen molar-refractivity contribution in [3.8, 4) is 0 Å². The molecule has 32 heavy (non-hydrogen) atoms. The molecule has 5 nitrogen and oxygen atoms in total. The summed E-state index contributed by atoms with van der Waals surface area (Å²) in [6, 6.07) is 11.1. The summed E-state index contributed by atoms with van der Waals surface area (Å²) in [6.07, 6.45) is -3.04. The van der Waals surface area contributed by atoms with Crippen LogP contribution in [0.5, 0.6) is 0 Å². The van der Waals surface area contributed by atoms with Crippen molar-refractivity contribution < 1.29 is 27.9 Å². The maximum atomic E-state index is 13.1. The molecule has 3 rings (SSSR count). The third-order valence-corrected chi connectivity index (χ3v) is 5.91. The van der Waals surface area contributed by atoms with Crippen molar-refractivity contribution in [1.29, 1.82) is 0 Å². The van der Waals surface area contributed by atoms with Crippen molar-refractivity contribution in [2.45, 2.75) is 51.0 Å². The van der Waals surface area contributed by atoms with Crippen LogP contribution in [0.15, 0.2) is 48.5 Å². The van der Waals surface area contributed by atoms with Gasteiger partial charge in [-0.25, -0.2) is 4.79 Å². The van der Waals surface area contributed by atoms with E-state index >= 15 is 0 Å². The zero-order valence-electron chi connectivity index (χ0n) is 17.4. The van der Waals surface area contributed by atoms with Crippen molar-refractivity contribution in [1.82, 2.24) is 10.2 Å². The van der Waals surface area contributed by atoms with Crippen LogP contribution in [0.3, 0.4) is 0 Å². The van der Waals surface area contributed by atoms with Crippen molar-refractivity contribution >= 4 is 30.7 Å². The molecule has 168 valence electrons. The number of aromatic carboxylic acids is 1. The third kappa shape index (κ3) is 5.74. The minimum atomic E-state index is -4.41. The fraction of sp³-hybridized carbons (Fsp3) is 0.391. The summed E-state index contributed by atoms with van der Waals surface area (Å²) in [5.41, 5.74) is -0.104. The second kappa shape index (κ2) is 10.1. The molecule has 1 aliphatic rings. The number of benzene rings is 2. The SMILES string of the molecule is C[C@H](NC(=O)[C@]1(C)CCCN1Cc1cccc(C(F)(F)F)c1)c1ccc(C(=O)O)cc1.[LiH]. The molecule has 1 fully saturated rings. The number of hydrogen-bond donors (Lipinski definition) is 2. The van der Waals surface area contributed by atoms with Gasteiger partial charge in [0.15, 0.2) is 0 Å². The van der Waals surface area contributed by atoms with Crippen LogP contribution in [0.1, 0.15) is 59.8 Å². The van der Waals surface area contributed by atoms with Gasteiger partial charge >= 0.3 is 31.0 Å². The molecule has 0 radical (unpaired) electrons. The van der Waals surface area contributed by atoms with E-state index in [2.05, 4.69) is 5.32 Å². The second-order valence-electron chi connectivity index (χ2n) is 8.12. The first-order chi connectivity index (χ1) is 14.5. The van der Waals surface area contributed by atoms with Crippen LogP contribution in [0.25, 0.3) is 0 Å². The minimum absolute atomic E-state index is 0. The second-order valence-corrected chi connectivity index (χ2v) is 8.12. The number of amides is 1. The first-order valence-corrected chi connectivity index (χ1v) is 10.1. The van der Waals surface area contributed by atoms with Crippen molar-refractivity contribution in [2.75, 3.05) is 6.54 Å². The van der Waals surface area contributed by atoms with Crippen molar-refractivity contribution in [3.05, 3.63) is 70.8 Å². The molecule has 0 bridgehead atoms. The number of likely N-dealkylation sites (tertiary alicyclic amines) is 1. The Morgan fingerprint density at radius 1 is 1.19 bits per heavy atom. The van der Waals surface area contributed by atoms with Gasteiger partial charge in [0.1, 0.15) is 0 Å². The molecule has 1 heterocycles. The Hall–Kier alpha value is -2.27. The van der Waals surface area contributed by atoms with Gasteiger partial charge < -0.3 is 10.4 Å².